The highest BCUT2D eigenvalue weighted by atomic mass is 16.2. The highest BCUT2D eigenvalue weighted by molar-refractivity contribution is 6.34. The maximum atomic E-state index is 13.1. The summed E-state index contributed by atoms with van der Waals surface area (Å²) in [6.45, 7) is 2.09. The molecule has 2 heterocycles. The fraction of sp³-hybridized carbons (Fsp3) is 0.0800. The number of anilines is 2. The first-order valence-corrected chi connectivity index (χ1v) is 10.4. The number of benzene rings is 3. The van der Waals surface area contributed by atoms with Gasteiger partial charge in [0.2, 0.25) is 0 Å². The minimum Gasteiger partial charge on any atom is -0.321 e. The fourth-order valence-corrected chi connectivity index (χ4v) is 3.95. The van der Waals surface area contributed by atoms with Crippen LogP contribution < -0.4 is 15.8 Å². The van der Waals surface area contributed by atoms with Crippen molar-refractivity contribution in [3.05, 3.63) is 100.0 Å². The van der Waals surface area contributed by atoms with Gasteiger partial charge in [-0.15, -0.1) is 0 Å². The van der Waals surface area contributed by atoms with E-state index in [1.165, 1.54) is 4.68 Å². The van der Waals surface area contributed by atoms with Gasteiger partial charge in [-0.3, -0.25) is 19.2 Å². The Morgan fingerprint density at radius 2 is 1.48 bits per heavy atom. The van der Waals surface area contributed by atoms with Gasteiger partial charge in [-0.2, -0.15) is 5.10 Å². The Morgan fingerprint density at radius 1 is 0.848 bits per heavy atom. The molecule has 5 rings (SSSR count). The first kappa shape index (κ1) is 20.3. The second-order valence-corrected chi connectivity index (χ2v) is 7.51. The van der Waals surface area contributed by atoms with Crippen molar-refractivity contribution >= 4 is 39.9 Å². The molecule has 1 aliphatic rings. The summed E-state index contributed by atoms with van der Waals surface area (Å²) >= 11 is 0. The van der Waals surface area contributed by atoms with E-state index in [4.69, 9.17) is 0 Å². The molecule has 0 spiro atoms. The quantitative estimate of drug-likeness (QED) is 0.492. The molecule has 4 aromatic rings. The Bertz CT molecular complexity index is 1490. The van der Waals surface area contributed by atoms with Crippen LogP contribution in [0.2, 0.25) is 0 Å². The van der Waals surface area contributed by atoms with Gasteiger partial charge in [-0.05, 0) is 43.3 Å². The molecule has 0 saturated heterocycles. The predicted molar refractivity (Wildman–Crippen MR) is 124 cm³/mol. The lowest BCUT2D eigenvalue weighted by Crippen LogP contribution is -2.29. The monoisotopic (exact) mass is 438 g/mol. The van der Waals surface area contributed by atoms with E-state index < -0.39 is 17.7 Å². The topological polar surface area (TPSA) is 101 Å². The summed E-state index contributed by atoms with van der Waals surface area (Å²) in [5, 5.41) is 7.86. The molecule has 0 saturated carbocycles. The third-order valence-electron chi connectivity index (χ3n) is 5.54. The molecule has 0 fully saturated rings. The number of imide groups is 1. The maximum Gasteiger partial charge on any atom is 0.276 e. The molecule has 1 aliphatic heterocycles. The van der Waals surface area contributed by atoms with Gasteiger partial charge < -0.3 is 5.32 Å². The molecule has 1 aromatic heterocycles. The molecule has 3 aromatic carbocycles. The Hall–Kier alpha value is -4.59. The van der Waals surface area contributed by atoms with Crippen molar-refractivity contribution in [1.82, 2.24) is 9.78 Å². The van der Waals surface area contributed by atoms with Crippen LogP contribution in [0.1, 0.15) is 38.1 Å². The number of fused-ring (bicyclic) bond motifs is 2. The number of aryl methyl sites for hydroxylation is 1. The molecule has 0 atom stereocenters. The van der Waals surface area contributed by atoms with E-state index in [1.54, 1.807) is 79.7 Å². The number of rotatable bonds is 4. The maximum absolute atomic E-state index is 13.1. The van der Waals surface area contributed by atoms with Crippen molar-refractivity contribution in [2.45, 2.75) is 13.5 Å². The van der Waals surface area contributed by atoms with Gasteiger partial charge in [0, 0.05) is 17.6 Å². The zero-order chi connectivity index (χ0) is 23.1. The predicted octanol–water partition coefficient (Wildman–Crippen LogP) is 3.47. The molecule has 8 nitrogen and oxygen atoms in total. The number of carbonyl (C=O) groups is 3. The van der Waals surface area contributed by atoms with Gasteiger partial charge >= 0.3 is 0 Å². The van der Waals surface area contributed by atoms with Crippen molar-refractivity contribution in [3.63, 3.8) is 0 Å². The van der Waals surface area contributed by atoms with Crippen LogP contribution in [0.4, 0.5) is 11.4 Å². The third-order valence-corrected chi connectivity index (χ3v) is 5.54. The average Bonchev–Trinajstić information content (AvgIpc) is 3.09. The molecule has 0 radical (unpaired) electrons. The molecule has 8 heteroatoms. The van der Waals surface area contributed by atoms with Crippen molar-refractivity contribution < 1.29 is 14.4 Å². The van der Waals surface area contributed by atoms with Gasteiger partial charge in [0.15, 0.2) is 5.69 Å². The zero-order valence-corrected chi connectivity index (χ0v) is 17.6. The lowest BCUT2D eigenvalue weighted by Gasteiger charge is -2.15. The van der Waals surface area contributed by atoms with E-state index >= 15 is 0 Å². The van der Waals surface area contributed by atoms with Crippen LogP contribution in [0, 0.1) is 0 Å². The molecule has 33 heavy (non-hydrogen) atoms. The van der Waals surface area contributed by atoms with Crippen molar-refractivity contribution in [3.8, 4) is 0 Å². The largest absolute Gasteiger partial charge is 0.321 e. The lowest BCUT2D eigenvalue weighted by atomic mass is 10.1. The standard InChI is InChI=1S/C25H18N4O4/c1-2-28-23(31)18-11-4-3-10-17(18)21(27-28)22(30)26-15-8-7-9-16(14-15)29-24(32)19-12-5-6-13-20(19)25(29)33/h3-14H,2H2,1H3,(H,26,30). The molecule has 0 aliphatic carbocycles. The number of hydrogen-bond acceptors (Lipinski definition) is 5. The van der Waals surface area contributed by atoms with E-state index in [9.17, 15) is 19.2 Å². The van der Waals surface area contributed by atoms with E-state index in [0.29, 0.717) is 39.8 Å². The highest BCUT2D eigenvalue weighted by Gasteiger charge is 2.36. The summed E-state index contributed by atoms with van der Waals surface area (Å²) in [7, 11) is 0. The molecule has 0 bridgehead atoms. The zero-order valence-electron chi connectivity index (χ0n) is 17.6. The SMILES string of the molecule is CCn1nc(C(=O)Nc2cccc(N3C(=O)c4ccccc4C3=O)c2)c2ccccc2c1=O. The summed E-state index contributed by atoms with van der Waals surface area (Å²) < 4.78 is 1.24. The second-order valence-electron chi connectivity index (χ2n) is 7.51. The van der Waals surface area contributed by atoms with Crippen LogP contribution in [0.25, 0.3) is 10.8 Å². The normalized spacial score (nSPS) is 12.8. The molecular weight excluding hydrogens is 420 g/mol. The van der Waals surface area contributed by atoms with Crippen LogP contribution in [0.15, 0.2) is 77.6 Å². The lowest BCUT2D eigenvalue weighted by molar-refractivity contribution is 0.0925. The van der Waals surface area contributed by atoms with Gasteiger partial charge in [0.25, 0.3) is 23.3 Å². The molecule has 1 N–H and O–H groups in total. The number of nitrogens with zero attached hydrogens (tertiary/aromatic N) is 3. The van der Waals surface area contributed by atoms with Crippen LogP contribution in [-0.2, 0) is 6.54 Å². The average molecular weight is 438 g/mol. The van der Waals surface area contributed by atoms with E-state index in [0.717, 1.165) is 4.90 Å². The highest BCUT2D eigenvalue weighted by Crippen LogP contribution is 2.30. The van der Waals surface area contributed by atoms with Crippen molar-refractivity contribution in [1.29, 1.82) is 0 Å². The second kappa shape index (κ2) is 7.83. The van der Waals surface area contributed by atoms with E-state index in [2.05, 4.69) is 10.4 Å². The minimum atomic E-state index is -0.507. The number of nitrogens with one attached hydrogen (secondary N) is 1. The summed E-state index contributed by atoms with van der Waals surface area (Å²) in [6, 6.07) is 19.9. The Morgan fingerprint density at radius 3 is 2.15 bits per heavy atom. The number of amides is 3. The van der Waals surface area contributed by atoms with Crippen LogP contribution in [0.5, 0.6) is 0 Å². The summed E-state index contributed by atoms with van der Waals surface area (Å²) in [4.78, 5) is 52.3. The van der Waals surface area contributed by atoms with Gasteiger partial charge in [-0.1, -0.05) is 36.4 Å². The number of aromatic nitrogens is 2. The van der Waals surface area contributed by atoms with Crippen molar-refractivity contribution in [2.75, 3.05) is 10.2 Å². The summed E-state index contributed by atoms with van der Waals surface area (Å²) in [6.07, 6.45) is 0. The summed E-state index contributed by atoms with van der Waals surface area (Å²) in [5.41, 5.74) is 1.25. The molecule has 3 amide bonds. The Labute approximate surface area is 188 Å². The molecule has 0 unspecified atom stereocenters. The molecule has 162 valence electrons. The van der Waals surface area contributed by atoms with Crippen LogP contribution in [-0.4, -0.2) is 27.5 Å². The first-order valence-electron chi connectivity index (χ1n) is 10.4. The fourth-order valence-electron chi connectivity index (χ4n) is 3.95. The summed E-state index contributed by atoms with van der Waals surface area (Å²) in [5.74, 6) is -1.34. The first-order chi connectivity index (χ1) is 16.0. The van der Waals surface area contributed by atoms with Crippen LogP contribution >= 0.6 is 0 Å². The Balaban J connectivity index is 1.49. The van der Waals surface area contributed by atoms with Gasteiger partial charge in [0.05, 0.1) is 22.2 Å². The van der Waals surface area contributed by atoms with E-state index in [1.807, 2.05) is 0 Å². The van der Waals surface area contributed by atoms with Gasteiger partial charge in [0.1, 0.15) is 0 Å². The minimum absolute atomic E-state index is 0.109. The number of carbonyl (C=O) groups excluding carboxylic acids is 3. The Kier molecular flexibility index (Phi) is 4.82. The van der Waals surface area contributed by atoms with E-state index in [-0.39, 0.29) is 11.3 Å². The number of hydrogen-bond donors (Lipinski definition) is 1. The van der Waals surface area contributed by atoms with Crippen molar-refractivity contribution in [2.24, 2.45) is 0 Å². The van der Waals surface area contributed by atoms with Crippen LogP contribution in [0.3, 0.4) is 0 Å². The smallest absolute Gasteiger partial charge is 0.276 e. The third kappa shape index (κ3) is 3.28. The van der Waals surface area contributed by atoms with Gasteiger partial charge in [-0.25, -0.2) is 9.58 Å². The molecular formula is C25H18N4O4.